The van der Waals surface area contributed by atoms with E-state index in [2.05, 4.69) is 12.2 Å². The topological polar surface area (TPSA) is 47.6 Å². The lowest BCUT2D eigenvalue weighted by molar-refractivity contribution is 0.0952. The molecular formula is C19H20FNO3. The Morgan fingerprint density at radius 3 is 2.58 bits per heavy atom. The molecule has 5 heteroatoms. The van der Waals surface area contributed by atoms with Crippen molar-refractivity contribution in [1.29, 1.82) is 0 Å². The van der Waals surface area contributed by atoms with Gasteiger partial charge in [-0.1, -0.05) is 13.0 Å². The Morgan fingerprint density at radius 2 is 1.83 bits per heavy atom. The van der Waals surface area contributed by atoms with Crippen LogP contribution in [0.15, 0.2) is 42.5 Å². The first kappa shape index (κ1) is 16.3. The molecule has 2 aromatic rings. The number of ether oxygens (including phenoxy) is 2. The molecule has 3 rings (SSSR count). The maximum atomic E-state index is 12.9. The van der Waals surface area contributed by atoms with E-state index in [1.165, 1.54) is 24.3 Å². The van der Waals surface area contributed by atoms with Crippen LogP contribution in [0.1, 0.15) is 35.2 Å². The molecule has 0 saturated heterocycles. The smallest absolute Gasteiger partial charge is 0.251 e. The number of benzene rings is 2. The van der Waals surface area contributed by atoms with E-state index in [4.69, 9.17) is 9.47 Å². The molecule has 1 unspecified atom stereocenters. The first-order valence-corrected chi connectivity index (χ1v) is 8.07. The Hall–Kier alpha value is -2.56. The molecule has 0 bridgehead atoms. The molecule has 1 heterocycles. The van der Waals surface area contributed by atoms with Crippen LogP contribution in [-0.4, -0.2) is 25.7 Å². The van der Waals surface area contributed by atoms with Crippen LogP contribution in [0.4, 0.5) is 4.39 Å². The minimum atomic E-state index is -0.348. The number of hydrogen-bond donors (Lipinski definition) is 1. The van der Waals surface area contributed by atoms with Gasteiger partial charge in [0.05, 0.1) is 0 Å². The number of fused-ring (bicyclic) bond motifs is 1. The standard InChI is InChI=1S/C19H20FNO3/c1-13(15-4-7-17-18(12-15)24-11-10-23-17)8-9-21-19(22)14-2-5-16(20)6-3-14/h2-7,12-13H,8-11H2,1H3,(H,21,22). The van der Waals surface area contributed by atoms with Crippen LogP contribution in [-0.2, 0) is 0 Å². The Balaban J connectivity index is 1.53. The highest BCUT2D eigenvalue weighted by Gasteiger charge is 2.14. The molecule has 1 atom stereocenters. The molecule has 1 amide bonds. The molecule has 0 fully saturated rings. The summed E-state index contributed by atoms with van der Waals surface area (Å²) in [5.74, 6) is 1.29. The van der Waals surface area contributed by atoms with Gasteiger partial charge in [-0.05, 0) is 54.3 Å². The Labute approximate surface area is 140 Å². The molecule has 0 saturated carbocycles. The average molecular weight is 329 g/mol. The third kappa shape index (κ3) is 3.85. The maximum Gasteiger partial charge on any atom is 0.251 e. The highest BCUT2D eigenvalue weighted by Crippen LogP contribution is 2.33. The van der Waals surface area contributed by atoms with Gasteiger partial charge in [-0.2, -0.15) is 0 Å². The van der Waals surface area contributed by atoms with Gasteiger partial charge in [0.15, 0.2) is 11.5 Å². The summed E-state index contributed by atoms with van der Waals surface area (Å²) < 4.78 is 24.0. The normalized spacial score (nSPS) is 14.1. The summed E-state index contributed by atoms with van der Waals surface area (Å²) >= 11 is 0. The van der Waals surface area contributed by atoms with Crippen LogP contribution in [0.25, 0.3) is 0 Å². The highest BCUT2D eigenvalue weighted by atomic mass is 19.1. The molecule has 2 aromatic carbocycles. The molecular weight excluding hydrogens is 309 g/mol. The zero-order valence-electron chi connectivity index (χ0n) is 13.5. The van der Waals surface area contributed by atoms with Crippen molar-refractivity contribution in [1.82, 2.24) is 5.32 Å². The van der Waals surface area contributed by atoms with E-state index in [1.807, 2.05) is 18.2 Å². The third-order valence-corrected chi connectivity index (χ3v) is 4.10. The molecule has 0 aromatic heterocycles. The third-order valence-electron chi connectivity index (χ3n) is 4.10. The summed E-state index contributed by atoms with van der Waals surface area (Å²) in [5.41, 5.74) is 1.61. The highest BCUT2D eigenvalue weighted by molar-refractivity contribution is 5.94. The fraction of sp³-hybridized carbons (Fsp3) is 0.316. The summed E-state index contributed by atoms with van der Waals surface area (Å²) in [6, 6.07) is 11.5. The second-order valence-electron chi connectivity index (χ2n) is 5.86. The zero-order chi connectivity index (χ0) is 16.9. The minimum absolute atomic E-state index is 0.190. The van der Waals surface area contributed by atoms with Crippen molar-refractivity contribution >= 4 is 5.91 Å². The predicted molar refractivity (Wildman–Crippen MR) is 89.2 cm³/mol. The first-order valence-electron chi connectivity index (χ1n) is 8.07. The lowest BCUT2D eigenvalue weighted by Gasteiger charge is -2.20. The van der Waals surface area contributed by atoms with Gasteiger partial charge in [-0.25, -0.2) is 4.39 Å². The van der Waals surface area contributed by atoms with Crippen molar-refractivity contribution in [3.05, 3.63) is 59.4 Å². The van der Waals surface area contributed by atoms with E-state index < -0.39 is 0 Å². The largest absolute Gasteiger partial charge is 0.486 e. The van der Waals surface area contributed by atoms with Crippen molar-refractivity contribution in [3.8, 4) is 11.5 Å². The molecule has 4 nitrogen and oxygen atoms in total. The second kappa shape index (κ2) is 7.34. The van der Waals surface area contributed by atoms with Gasteiger partial charge in [0.2, 0.25) is 0 Å². The van der Waals surface area contributed by atoms with Crippen LogP contribution in [0.3, 0.4) is 0 Å². The first-order chi connectivity index (χ1) is 11.6. The Kier molecular flexibility index (Phi) is 4.99. The van der Waals surface area contributed by atoms with Gasteiger partial charge in [0.25, 0.3) is 5.91 Å². The molecule has 1 aliphatic heterocycles. The number of hydrogen-bond acceptors (Lipinski definition) is 3. The molecule has 1 N–H and O–H groups in total. The van der Waals surface area contributed by atoms with Gasteiger partial charge in [-0.3, -0.25) is 4.79 Å². The summed E-state index contributed by atoms with van der Waals surface area (Å²) in [6.45, 7) is 3.80. The van der Waals surface area contributed by atoms with Crippen LogP contribution in [0.2, 0.25) is 0 Å². The molecule has 0 aliphatic carbocycles. The van der Waals surface area contributed by atoms with E-state index in [-0.39, 0.29) is 17.6 Å². The van der Waals surface area contributed by atoms with E-state index in [9.17, 15) is 9.18 Å². The molecule has 1 aliphatic rings. The van der Waals surface area contributed by atoms with Crippen LogP contribution < -0.4 is 14.8 Å². The van der Waals surface area contributed by atoms with Gasteiger partial charge < -0.3 is 14.8 Å². The SMILES string of the molecule is CC(CCNC(=O)c1ccc(F)cc1)c1ccc2c(c1)OCCO2. The van der Waals surface area contributed by atoms with E-state index in [0.717, 1.165) is 23.5 Å². The average Bonchev–Trinajstić information content (AvgIpc) is 2.61. The van der Waals surface area contributed by atoms with Crippen LogP contribution in [0.5, 0.6) is 11.5 Å². The van der Waals surface area contributed by atoms with Crippen molar-refractivity contribution in [2.75, 3.05) is 19.8 Å². The predicted octanol–water partition coefficient (Wildman–Crippen LogP) is 3.52. The lowest BCUT2D eigenvalue weighted by atomic mass is 9.97. The summed E-state index contributed by atoms with van der Waals surface area (Å²) in [4.78, 5) is 12.0. The number of carbonyl (C=O) groups excluding carboxylic acids is 1. The van der Waals surface area contributed by atoms with Crippen molar-refractivity contribution in [2.45, 2.75) is 19.3 Å². The molecule has 0 spiro atoms. The Morgan fingerprint density at radius 1 is 1.12 bits per heavy atom. The van der Waals surface area contributed by atoms with Gasteiger partial charge in [0.1, 0.15) is 19.0 Å². The number of amides is 1. The van der Waals surface area contributed by atoms with Gasteiger partial charge >= 0.3 is 0 Å². The summed E-state index contributed by atoms with van der Waals surface area (Å²) in [7, 11) is 0. The quantitative estimate of drug-likeness (QED) is 0.913. The number of halogens is 1. The molecule has 126 valence electrons. The summed E-state index contributed by atoms with van der Waals surface area (Å²) in [6.07, 6.45) is 0.798. The van der Waals surface area contributed by atoms with E-state index in [0.29, 0.717) is 25.3 Å². The fourth-order valence-electron chi connectivity index (χ4n) is 2.64. The summed E-state index contributed by atoms with van der Waals surface area (Å²) in [5, 5.41) is 2.86. The number of carbonyl (C=O) groups is 1. The van der Waals surface area contributed by atoms with Crippen LogP contribution in [0, 0.1) is 5.82 Å². The van der Waals surface area contributed by atoms with Crippen molar-refractivity contribution in [3.63, 3.8) is 0 Å². The van der Waals surface area contributed by atoms with E-state index >= 15 is 0 Å². The Bertz CT molecular complexity index is 715. The second-order valence-corrected chi connectivity index (χ2v) is 5.86. The van der Waals surface area contributed by atoms with Crippen molar-refractivity contribution in [2.24, 2.45) is 0 Å². The van der Waals surface area contributed by atoms with Gasteiger partial charge in [0, 0.05) is 12.1 Å². The lowest BCUT2D eigenvalue weighted by Crippen LogP contribution is -2.25. The van der Waals surface area contributed by atoms with E-state index in [1.54, 1.807) is 0 Å². The fourth-order valence-corrected chi connectivity index (χ4v) is 2.64. The van der Waals surface area contributed by atoms with Crippen molar-refractivity contribution < 1.29 is 18.7 Å². The number of rotatable bonds is 5. The monoisotopic (exact) mass is 329 g/mol. The molecule has 24 heavy (non-hydrogen) atoms. The number of nitrogens with one attached hydrogen (secondary N) is 1. The molecule has 0 radical (unpaired) electrons. The van der Waals surface area contributed by atoms with Gasteiger partial charge in [-0.15, -0.1) is 0 Å². The maximum absolute atomic E-state index is 12.9. The zero-order valence-corrected chi connectivity index (χ0v) is 13.5. The minimum Gasteiger partial charge on any atom is -0.486 e. The van der Waals surface area contributed by atoms with Crippen LogP contribution >= 0.6 is 0 Å².